The summed E-state index contributed by atoms with van der Waals surface area (Å²) in [6, 6.07) is 4.26. The second-order valence-corrected chi connectivity index (χ2v) is 5.21. The molecule has 3 nitrogen and oxygen atoms in total. The molecule has 1 heterocycles. The fourth-order valence-corrected chi connectivity index (χ4v) is 2.65. The van der Waals surface area contributed by atoms with Crippen LogP contribution in [0.1, 0.15) is 36.5 Å². The first-order valence-corrected chi connectivity index (χ1v) is 6.63. The maximum Gasteiger partial charge on any atom is 0.257 e. The standard InChI is InChI=1S/C14H15ClFNO2/c1-9(18)8-10-4-3-7-17(10)14(19)11-5-2-6-12(15)13(11)16/h2,5-6,10H,3-4,7-8H2,1H3. The molecule has 1 saturated heterocycles. The molecular formula is C14H15ClFNO2. The molecule has 0 spiro atoms. The zero-order valence-electron chi connectivity index (χ0n) is 10.7. The largest absolute Gasteiger partial charge is 0.335 e. The van der Waals surface area contributed by atoms with Crippen molar-refractivity contribution in [2.45, 2.75) is 32.2 Å². The average molecular weight is 284 g/mol. The number of carbonyl (C=O) groups excluding carboxylic acids is 2. The van der Waals surface area contributed by atoms with Crippen molar-refractivity contribution in [2.24, 2.45) is 0 Å². The summed E-state index contributed by atoms with van der Waals surface area (Å²) >= 11 is 5.69. The third-order valence-corrected chi connectivity index (χ3v) is 3.63. The van der Waals surface area contributed by atoms with E-state index in [1.165, 1.54) is 19.1 Å². The van der Waals surface area contributed by atoms with Gasteiger partial charge in [0.15, 0.2) is 5.82 Å². The van der Waals surface area contributed by atoms with Crippen molar-refractivity contribution in [1.82, 2.24) is 4.90 Å². The average Bonchev–Trinajstić information content (AvgIpc) is 2.79. The predicted molar refractivity (Wildman–Crippen MR) is 70.8 cm³/mol. The molecule has 102 valence electrons. The van der Waals surface area contributed by atoms with E-state index in [0.717, 1.165) is 12.8 Å². The maximum absolute atomic E-state index is 13.8. The summed E-state index contributed by atoms with van der Waals surface area (Å²) < 4.78 is 13.8. The van der Waals surface area contributed by atoms with E-state index in [1.807, 2.05) is 0 Å². The topological polar surface area (TPSA) is 37.4 Å². The molecule has 1 aromatic rings. The summed E-state index contributed by atoms with van der Waals surface area (Å²) in [5.41, 5.74) is -0.0250. The van der Waals surface area contributed by atoms with Gasteiger partial charge in [-0.3, -0.25) is 9.59 Å². The van der Waals surface area contributed by atoms with E-state index in [0.29, 0.717) is 13.0 Å². The van der Waals surface area contributed by atoms with Gasteiger partial charge in [-0.05, 0) is 31.9 Å². The zero-order chi connectivity index (χ0) is 14.0. The van der Waals surface area contributed by atoms with Gasteiger partial charge in [-0.1, -0.05) is 17.7 Å². The molecule has 19 heavy (non-hydrogen) atoms. The Morgan fingerprint density at radius 1 is 1.47 bits per heavy atom. The van der Waals surface area contributed by atoms with Crippen molar-refractivity contribution >= 4 is 23.3 Å². The number of halogens is 2. The van der Waals surface area contributed by atoms with Gasteiger partial charge in [0.2, 0.25) is 0 Å². The molecule has 0 N–H and O–H groups in total. The van der Waals surface area contributed by atoms with Crippen LogP contribution in [0, 0.1) is 5.82 Å². The SMILES string of the molecule is CC(=O)CC1CCCN1C(=O)c1cccc(Cl)c1F. The fourth-order valence-electron chi connectivity index (χ4n) is 2.47. The first-order chi connectivity index (χ1) is 9.00. The van der Waals surface area contributed by atoms with Gasteiger partial charge in [0.1, 0.15) is 5.78 Å². The second kappa shape index (κ2) is 5.70. The van der Waals surface area contributed by atoms with E-state index in [2.05, 4.69) is 0 Å². The van der Waals surface area contributed by atoms with Gasteiger partial charge >= 0.3 is 0 Å². The molecule has 0 saturated carbocycles. The number of carbonyl (C=O) groups is 2. The Morgan fingerprint density at radius 2 is 2.21 bits per heavy atom. The number of amides is 1. The number of hydrogen-bond donors (Lipinski definition) is 0. The fraction of sp³-hybridized carbons (Fsp3) is 0.429. The summed E-state index contributed by atoms with van der Waals surface area (Å²) in [6.07, 6.45) is 1.95. The summed E-state index contributed by atoms with van der Waals surface area (Å²) in [6.45, 7) is 2.06. The van der Waals surface area contributed by atoms with E-state index >= 15 is 0 Å². The van der Waals surface area contributed by atoms with Crippen molar-refractivity contribution in [3.63, 3.8) is 0 Å². The lowest BCUT2D eigenvalue weighted by Crippen LogP contribution is -2.37. The van der Waals surface area contributed by atoms with Crippen molar-refractivity contribution in [3.05, 3.63) is 34.6 Å². The minimum atomic E-state index is -0.692. The molecule has 1 aromatic carbocycles. The number of nitrogens with zero attached hydrogens (tertiary/aromatic N) is 1. The van der Waals surface area contributed by atoms with E-state index < -0.39 is 5.82 Å². The molecule has 1 unspecified atom stereocenters. The van der Waals surface area contributed by atoms with Crippen molar-refractivity contribution in [3.8, 4) is 0 Å². The Morgan fingerprint density at radius 3 is 2.89 bits per heavy atom. The first kappa shape index (κ1) is 14.0. The quantitative estimate of drug-likeness (QED) is 0.855. The molecule has 2 rings (SSSR count). The van der Waals surface area contributed by atoms with Crippen LogP contribution >= 0.6 is 11.6 Å². The van der Waals surface area contributed by atoms with Gasteiger partial charge in [-0.25, -0.2) is 4.39 Å². The van der Waals surface area contributed by atoms with Gasteiger partial charge in [0.05, 0.1) is 10.6 Å². The number of benzene rings is 1. The summed E-state index contributed by atoms with van der Waals surface area (Å²) in [5.74, 6) is -1.04. The molecule has 1 amide bonds. The highest BCUT2D eigenvalue weighted by atomic mass is 35.5. The van der Waals surface area contributed by atoms with Crippen LogP contribution in [0.5, 0.6) is 0 Å². The molecule has 1 atom stereocenters. The van der Waals surface area contributed by atoms with Crippen LogP contribution in [0.3, 0.4) is 0 Å². The van der Waals surface area contributed by atoms with Crippen molar-refractivity contribution in [2.75, 3.05) is 6.54 Å². The van der Waals surface area contributed by atoms with E-state index in [4.69, 9.17) is 11.6 Å². The van der Waals surface area contributed by atoms with Crippen LogP contribution in [0.25, 0.3) is 0 Å². The smallest absolute Gasteiger partial charge is 0.257 e. The first-order valence-electron chi connectivity index (χ1n) is 6.25. The molecule has 0 radical (unpaired) electrons. The minimum absolute atomic E-state index is 0.0250. The van der Waals surface area contributed by atoms with Gasteiger partial charge in [-0.15, -0.1) is 0 Å². The zero-order valence-corrected chi connectivity index (χ0v) is 11.4. The number of rotatable bonds is 3. The molecule has 1 fully saturated rings. The normalized spacial score (nSPS) is 18.7. The van der Waals surface area contributed by atoms with Crippen molar-refractivity contribution in [1.29, 1.82) is 0 Å². The molecular weight excluding hydrogens is 269 g/mol. The highest BCUT2D eigenvalue weighted by molar-refractivity contribution is 6.31. The van der Waals surface area contributed by atoms with Gasteiger partial charge in [-0.2, -0.15) is 0 Å². The lowest BCUT2D eigenvalue weighted by atomic mass is 10.1. The van der Waals surface area contributed by atoms with E-state index in [-0.39, 0.29) is 28.3 Å². The number of ketones is 1. The molecule has 1 aliphatic heterocycles. The van der Waals surface area contributed by atoms with Gasteiger partial charge in [0.25, 0.3) is 5.91 Å². The minimum Gasteiger partial charge on any atom is -0.335 e. The summed E-state index contributed by atoms with van der Waals surface area (Å²) in [5, 5.41) is -0.0619. The van der Waals surface area contributed by atoms with Gasteiger partial charge < -0.3 is 4.90 Å². The Hall–Kier alpha value is -1.42. The van der Waals surface area contributed by atoms with Crippen LogP contribution < -0.4 is 0 Å². The molecule has 0 aliphatic carbocycles. The summed E-state index contributed by atoms with van der Waals surface area (Å²) in [7, 11) is 0. The Labute approximate surface area is 116 Å². The highest BCUT2D eigenvalue weighted by Crippen LogP contribution is 2.25. The molecule has 1 aliphatic rings. The van der Waals surface area contributed by atoms with E-state index in [1.54, 1.807) is 11.0 Å². The highest BCUT2D eigenvalue weighted by Gasteiger charge is 2.31. The lowest BCUT2D eigenvalue weighted by molar-refractivity contribution is -0.117. The lowest BCUT2D eigenvalue weighted by Gasteiger charge is -2.24. The van der Waals surface area contributed by atoms with E-state index in [9.17, 15) is 14.0 Å². The predicted octanol–water partition coefficient (Wildman–Crippen LogP) is 3.06. The third-order valence-electron chi connectivity index (χ3n) is 3.34. The maximum atomic E-state index is 13.8. The monoisotopic (exact) mass is 283 g/mol. The number of likely N-dealkylation sites (tertiary alicyclic amines) is 1. The van der Waals surface area contributed by atoms with Crippen LogP contribution in [0.4, 0.5) is 4.39 Å². The Balaban J connectivity index is 2.23. The van der Waals surface area contributed by atoms with Crippen molar-refractivity contribution < 1.29 is 14.0 Å². The molecule has 0 bridgehead atoms. The van der Waals surface area contributed by atoms with Crippen LogP contribution in [0.2, 0.25) is 5.02 Å². The number of Topliss-reactive ketones (excluding diaryl/α,β-unsaturated/α-hetero) is 1. The Kier molecular flexibility index (Phi) is 4.20. The number of hydrogen-bond acceptors (Lipinski definition) is 2. The second-order valence-electron chi connectivity index (χ2n) is 4.80. The van der Waals surface area contributed by atoms with Crippen LogP contribution in [0.15, 0.2) is 18.2 Å². The van der Waals surface area contributed by atoms with Gasteiger partial charge in [0, 0.05) is 19.0 Å². The van der Waals surface area contributed by atoms with Crippen LogP contribution in [-0.4, -0.2) is 29.2 Å². The summed E-state index contributed by atoms with van der Waals surface area (Å²) in [4.78, 5) is 25.1. The third kappa shape index (κ3) is 2.95. The molecule has 5 heteroatoms. The van der Waals surface area contributed by atoms with Crippen LogP contribution in [-0.2, 0) is 4.79 Å². The Bertz CT molecular complexity index is 518. The molecule has 0 aromatic heterocycles.